The number of sulfonamides is 1. The van der Waals surface area contributed by atoms with Crippen LogP contribution in [0.3, 0.4) is 0 Å². The first kappa shape index (κ1) is 14.4. The summed E-state index contributed by atoms with van der Waals surface area (Å²) in [5, 5.41) is 0. The molecule has 0 aromatic carbocycles. The lowest BCUT2D eigenvalue weighted by Gasteiger charge is -2.20. The van der Waals surface area contributed by atoms with Crippen molar-refractivity contribution >= 4 is 26.0 Å². The Morgan fingerprint density at radius 1 is 1.36 bits per heavy atom. The van der Waals surface area contributed by atoms with Gasteiger partial charge < -0.3 is 0 Å². The maximum Gasteiger partial charge on any atom is 0.211 e. The van der Waals surface area contributed by atoms with E-state index in [1.807, 2.05) is 6.92 Å². The summed E-state index contributed by atoms with van der Waals surface area (Å²) in [5.74, 6) is 0. The first-order valence-electron chi connectivity index (χ1n) is 4.97. The normalized spacial score (nSPS) is 14.6. The molecule has 0 bridgehead atoms. The van der Waals surface area contributed by atoms with Crippen molar-refractivity contribution in [1.29, 1.82) is 0 Å². The lowest BCUT2D eigenvalue weighted by molar-refractivity contribution is 0.401. The molecule has 0 aromatic heterocycles. The Bertz CT molecular complexity index is 239. The predicted molar refractivity (Wildman–Crippen MR) is 64.3 cm³/mol. The van der Waals surface area contributed by atoms with Crippen LogP contribution in [0.25, 0.3) is 0 Å². The van der Waals surface area contributed by atoms with E-state index in [1.54, 1.807) is 4.31 Å². The van der Waals surface area contributed by atoms with Gasteiger partial charge in [0.05, 0.1) is 6.26 Å². The fourth-order valence-electron chi connectivity index (χ4n) is 1.10. The van der Waals surface area contributed by atoms with E-state index in [4.69, 9.17) is 0 Å². The molecule has 0 saturated carbocycles. The quantitative estimate of drug-likeness (QED) is 0.673. The largest absolute Gasteiger partial charge is 0.213 e. The standard InChI is InChI=1S/C9H20BrNO2S/c1-4-5-7-11(14(3,12)13)8-6-9(2)10/h9H,4-8H2,1-3H3/t9-/m1/s1. The molecule has 0 N–H and O–H groups in total. The molecular weight excluding hydrogens is 266 g/mol. The number of alkyl halides is 1. The van der Waals surface area contributed by atoms with E-state index in [2.05, 4.69) is 22.9 Å². The molecule has 0 unspecified atom stereocenters. The van der Waals surface area contributed by atoms with E-state index in [0.717, 1.165) is 19.3 Å². The average Bonchev–Trinajstić information content (AvgIpc) is 2.01. The van der Waals surface area contributed by atoms with Crippen molar-refractivity contribution in [1.82, 2.24) is 4.31 Å². The Labute approximate surface area is 96.0 Å². The molecule has 0 aromatic rings. The van der Waals surface area contributed by atoms with Crippen molar-refractivity contribution in [2.45, 2.75) is 37.9 Å². The lowest BCUT2D eigenvalue weighted by Crippen LogP contribution is -2.32. The number of hydrogen-bond acceptors (Lipinski definition) is 2. The van der Waals surface area contributed by atoms with Gasteiger partial charge in [-0.05, 0) is 12.8 Å². The molecule has 0 aliphatic heterocycles. The summed E-state index contributed by atoms with van der Waals surface area (Å²) < 4.78 is 24.3. The van der Waals surface area contributed by atoms with E-state index in [1.165, 1.54) is 6.26 Å². The van der Waals surface area contributed by atoms with Crippen LogP contribution in [-0.2, 0) is 10.0 Å². The van der Waals surface area contributed by atoms with Crippen LogP contribution in [-0.4, -0.2) is 36.9 Å². The molecule has 0 aliphatic rings. The molecule has 14 heavy (non-hydrogen) atoms. The topological polar surface area (TPSA) is 37.4 Å². The van der Waals surface area contributed by atoms with Gasteiger partial charge in [0.25, 0.3) is 0 Å². The van der Waals surface area contributed by atoms with Gasteiger partial charge in [-0.1, -0.05) is 36.2 Å². The molecule has 0 radical (unpaired) electrons. The highest BCUT2D eigenvalue weighted by Crippen LogP contribution is 2.08. The number of nitrogens with zero attached hydrogens (tertiary/aromatic N) is 1. The zero-order valence-corrected chi connectivity index (χ0v) is 11.6. The Hall–Kier alpha value is 0.390. The molecule has 86 valence electrons. The van der Waals surface area contributed by atoms with Crippen molar-refractivity contribution in [3.8, 4) is 0 Å². The summed E-state index contributed by atoms with van der Waals surface area (Å²) in [4.78, 5) is 0.369. The number of rotatable bonds is 7. The molecule has 3 nitrogen and oxygen atoms in total. The van der Waals surface area contributed by atoms with E-state index in [0.29, 0.717) is 17.9 Å². The second-order valence-corrected chi connectivity index (χ2v) is 7.13. The third kappa shape index (κ3) is 6.79. The van der Waals surface area contributed by atoms with E-state index < -0.39 is 10.0 Å². The van der Waals surface area contributed by atoms with Crippen LogP contribution in [0.15, 0.2) is 0 Å². The van der Waals surface area contributed by atoms with E-state index in [9.17, 15) is 8.42 Å². The highest BCUT2D eigenvalue weighted by atomic mass is 79.9. The Kier molecular flexibility index (Phi) is 6.99. The first-order chi connectivity index (χ1) is 6.38. The SMILES string of the molecule is CCCCN(CC[C@@H](C)Br)S(C)(=O)=O. The Morgan fingerprint density at radius 3 is 2.29 bits per heavy atom. The van der Waals surface area contributed by atoms with Gasteiger partial charge in [0.15, 0.2) is 0 Å². The van der Waals surface area contributed by atoms with Crippen molar-refractivity contribution < 1.29 is 8.42 Å². The van der Waals surface area contributed by atoms with Crippen molar-refractivity contribution in [2.24, 2.45) is 0 Å². The van der Waals surface area contributed by atoms with Crippen LogP contribution in [0, 0.1) is 0 Å². The van der Waals surface area contributed by atoms with Gasteiger partial charge in [-0.25, -0.2) is 12.7 Å². The van der Waals surface area contributed by atoms with Gasteiger partial charge in [-0.2, -0.15) is 0 Å². The summed E-state index contributed by atoms with van der Waals surface area (Å²) in [6.45, 7) is 5.36. The smallest absolute Gasteiger partial charge is 0.211 e. The summed E-state index contributed by atoms with van der Waals surface area (Å²) in [6.07, 6.45) is 4.10. The van der Waals surface area contributed by atoms with Gasteiger partial charge in [0, 0.05) is 17.9 Å². The molecule has 0 spiro atoms. The minimum atomic E-state index is -3.02. The molecule has 0 rings (SSSR count). The number of halogens is 1. The van der Waals surface area contributed by atoms with Crippen molar-refractivity contribution in [3.05, 3.63) is 0 Å². The maximum absolute atomic E-state index is 11.4. The first-order valence-corrected chi connectivity index (χ1v) is 7.73. The second-order valence-electron chi connectivity index (χ2n) is 3.59. The van der Waals surface area contributed by atoms with Crippen LogP contribution >= 0.6 is 15.9 Å². The third-order valence-electron chi connectivity index (χ3n) is 2.01. The molecule has 0 heterocycles. The summed E-state index contributed by atoms with van der Waals surface area (Å²) in [5.41, 5.74) is 0. The predicted octanol–water partition coefficient (Wildman–Crippen LogP) is 2.22. The van der Waals surface area contributed by atoms with Crippen molar-refractivity contribution in [3.63, 3.8) is 0 Å². The fraction of sp³-hybridized carbons (Fsp3) is 1.00. The van der Waals surface area contributed by atoms with Crippen molar-refractivity contribution in [2.75, 3.05) is 19.3 Å². The molecular formula is C9H20BrNO2S. The summed E-state index contributed by atoms with van der Waals surface area (Å²) in [6, 6.07) is 0. The minimum absolute atomic E-state index is 0.369. The van der Waals surface area contributed by atoms with Gasteiger partial charge in [-0.3, -0.25) is 0 Å². The van der Waals surface area contributed by atoms with Crippen LogP contribution in [0.2, 0.25) is 0 Å². The lowest BCUT2D eigenvalue weighted by atomic mass is 10.3. The van der Waals surface area contributed by atoms with E-state index in [-0.39, 0.29) is 0 Å². The molecule has 1 atom stereocenters. The third-order valence-corrected chi connectivity index (χ3v) is 3.77. The zero-order chi connectivity index (χ0) is 11.2. The highest BCUT2D eigenvalue weighted by Gasteiger charge is 2.15. The zero-order valence-electron chi connectivity index (χ0n) is 9.16. The van der Waals surface area contributed by atoms with Crippen LogP contribution in [0.4, 0.5) is 0 Å². The number of hydrogen-bond donors (Lipinski definition) is 0. The van der Waals surface area contributed by atoms with E-state index >= 15 is 0 Å². The molecule has 0 saturated heterocycles. The van der Waals surface area contributed by atoms with Crippen LogP contribution in [0.1, 0.15) is 33.1 Å². The fourth-order valence-corrected chi connectivity index (χ4v) is 2.20. The molecule has 0 amide bonds. The Balaban J connectivity index is 4.12. The average molecular weight is 286 g/mol. The van der Waals surface area contributed by atoms with Gasteiger partial charge in [0.2, 0.25) is 10.0 Å². The van der Waals surface area contributed by atoms with Gasteiger partial charge in [-0.15, -0.1) is 0 Å². The highest BCUT2D eigenvalue weighted by molar-refractivity contribution is 9.09. The molecule has 0 fully saturated rings. The minimum Gasteiger partial charge on any atom is -0.213 e. The summed E-state index contributed by atoms with van der Waals surface area (Å²) >= 11 is 3.42. The number of unbranched alkanes of at least 4 members (excludes halogenated alkanes) is 1. The van der Waals surface area contributed by atoms with Crippen LogP contribution in [0.5, 0.6) is 0 Å². The maximum atomic E-state index is 11.4. The van der Waals surface area contributed by atoms with Crippen LogP contribution < -0.4 is 0 Å². The van der Waals surface area contributed by atoms with Gasteiger partial charge in [0.1, 0.15) is 0 Å². The monoisotopic (exact) mass is 285 g/mol. The van der Waals surface area contributed by atoms with Gasteiger partial charge >= 0.3 is 0 Å². The Morgan fingerprint density at radius 2 is 1.93 bits per heavy atom. The molecule has 0 aliphatic carbocycles. The molecule has 5 heteroatoms. The second kappa shape index (κ2) is 6.80. The summed E-state index contributed by atoms with van der Waals surface area (Å²) in [7, 11) is -3.02.